The van der Waals surface area contributed by atoms with Gasteiger partial charge in [0, 0.05) is 10.5 Å². The molecule has 0 aromatic heterocycles. The normalized spacial score (nSPS) is 12.4. The molecule has 0 spiro atoms. The van der Waals surface area contributed by atoms with Gasteiger partial charge in [-0.2, -0.15) is 0 Å². The number of nitrogens with one attached hydrogen (secondary N) is 1. The summed E-state index contributed by atoms with van der Waals surface area (Å²) in [5.41, 5.74) is 3.59. The first-order valence-electron chi connectivity index (χ1n) is 7.30. The Morgan fingerprint density at radius 2 is 1.71 bits per heavy atom. The molecule has 0 saturated heterocycles. The fourth-order valence-electron chi connectivity index (χ4n) is 2.53. The molecule has 0 aliphatic heterocycles. The van der Waals surface area contributed by atoms with Crippen LogP contribution in [0, 0.1) is 12.7 Å². The Morgan fingerprint density at radius 1 is 1.05 bits per heavy atom. The van der Waals surface area contributed by atoms with Crippen LogP contribution < -0.4 is 5.32 Å². The van der Waals surface area contributed by atoms with Crippen molar-refractivity contribution in [1.29, 1.82) is 0 Å². The Morgan fingerprint density at radius 3 is 2.33 bits per heavy atom. The van der Waals surface area contributed by atoms with E-state index in [2.05, 4.69) is 59.4 Å². The zero-order chi connectivity index (χ0) is 15.2. The molecule has 1 unspecified atom stereocenters. The summed E-state index contributed by atoms with van der Waals surface area (Å²) < 4.78 is 14.3. The van der Waals surface area contributed by atoms with Crippen LogP contribution in [-0.2, 0) is 12.8 Å². The number of hydrogen-bond acceptors (Lipinski definition) is 1. The largest absolute Gasteiger partial charge is 0.314 e. The highest BCUT2D eigenvalue weighted by atomic mass is 79.9. The minimum atomic E-state index is -0.190. The standard InChI is InChI=1S/C18H21BrFN/c1-3-21-18(10-14-6-4-13(2)5-7-14)11-15-8-16(19)12-17(20)9-15/h4-9,12,18,21H,3,10-11H2,1-2H3. The zero-order valence-electron chi connectivity index (χ0n) is 12.5. The van der Waals surface area contributed by atoms with Gasteiger partial charge in [0.05, 0.1) is 0 Å². The van der Waals surface area contributed by atoms with Crippen LogP contribution in [0.15, 0.2) is 46.9 Å². The van der Waals surface area contributed by atoms with E-state index in [4.69, 9.17) is 0 Å². The van der Waals surface area contributed by atoms with E-state index >= 15 is 0 Å². The molecule has 2 rings (SSSR count). The number of hydrogen-bond donors (Lipinski definition) is 1. The molecule has 0 saturated carbocycles. The van der Waals surface area contributed by atoms with Crippen LogP contribution in [0.5, 0.6) is 0 Å². The maximum atomic E-state index is 13.5. The molecule has 2 aromatic rings. The monoisotopic (exact) mass is 349 g/mol. The highest BCUT2D eigenvalue weighted by Gasteiger charge is 2.11. The maximum absolute atomic E-state index is 13.5. The average molecular weight is 350 g/mol. The van der Waals surface area contributed by atoms with Crippen molar-refractivity contribution in [2.45, 2.75) is 32.7 Å². The zero-order valence-corrected chi connectivity index (χ0v) is 14.1. The Hall–Kier alpha value is -1.19. The Bertz CT molecular complexity index is 560. The fourth-order valence-corrected chi connectivity index (χ4v) is 3.04. The first-order valence-corrected chi connectivity index (χ1v) is 8.10. The molecular formula is C18H21BrFN. The van der Waals surface area contributed by atoms with Crippen molar-refractivity contribution >= 4 is 15.9 Å². The quantitative estimate of drug-likeness (QED) is 0.799. The number of likely N-dealkylation sites (N-methyl/N-ethyl adjacent to an activating group) is 1. The molecule has 2 aromatic carbocycles. The number of benzene rings is 2. The second-order valence-electron chi connectivity index (χ2n) is 5.43. The second kappa shape index (κ2) is 7.71. The molecule has 112 valence electrons. The van der Waals surface area contributed by atoms with Gasteiger partial charge in [-0.3, -0.25) is 0 Å². The molecule has 0 bridgehead atoms. The van der Waals surface area contributed by atoms with Gasteiger partial charge in [0.25, 0.3) is 0 Å². The van der Waals surface area contributed by atoms with E-state index in [0.29, 0.717) is 6.04 Å². The Labute approximate surface area is 134 Å². The Kier molecular flexibility index (Phi) is 5.95. The van der Waals surface area contributed by atoms with E-state index in [9.17, 15) is 4.39 Å². The molecule has 0 fully saturated rings. The molecule has 21 heavy (non-hydrogen) atoms. The highest BCUT2D eigenvalue weighted by Crippen LogP contribution is 2.17. The fraction of sp³-hybridized carbons (Fsp3) is 0.333. The summed E-state index contributed by atoms with van der Waals surface area (Å²) in [5.74, 6) is -0.190. The summed E-state index contributed by atoms with van der Waals surface area (Å²) in [6, 6.07) is 14.0. The molecular weight excluding hydrogens is 329 g/mol. The van der Waals surface area contributed by atoms with Gasteiger partial charge >= 0.3 is 0 Å². The van der Waals surface area contributed by atoms with Gasteiger partial charge in [-0.25, -0.2) is 4.39 Å². The van der Waals surface area contributed by atoms with Gasteiger partial charge in [0.1, 0.15) is 5.82 Å². The van der Waals surface area contributed by atoms with Crippen molar-refractivity contribution in [3.8, 4) is 0 Å². The molecule has 0 radical (unpaired) electrons. The summed E-state index contributed by atoms with van der Waals surface area (Å²) in [4.78, 5) is 0. The number of aryl methyl sites for hydroxylation is 1. The third-order valence-corrected chi connectivity index (χ3v) is 3.96. The van der Waals surface area contributed by atoms with Gasteiger partial charge < -0.3 is 5.32 Å². The van der Waals surface area contributed by atoms with E-state index in [1.165, 1.54) is 17.2 Å². The molecule has 3 heteroatoms. The van der Waals surface area contributed by atoms with Crippen molar-refractivity contribution in [2.24, 2.45) is 0 Å². The number of rotatable bonds is 6. The van der Waals surface area contributed by atoms with Crippen LogP contribution in [0.25, 0.3) is 0 Å². The summed E-state index contributed by atoms with van der Waals surface area (Å²) >= 11 is 3.36. The lowest BCUT2D eigenvalue weighted by atomic mass is 9.98. The van der Waals surface area contributed by atoms with Gasteiger partial charge in [-0.05, 0) is 55.6 Å². The maximum Gasteiger partial charge on any atom is 0.124 e. The minimum absolute atomic E-state index is 0.190. The van der Waals surface area contributed by atoms with Crippen molar-refractivity contribution in [3.05, 3.63) is 69.4 Å². The topological polar surface area (TPSA) is 12.0 Å². The van der Waals surface area contributed by atoms with Crippen LogP contribution in [0.2, 0.25) is 0 Å². The first-order chi connectivity index (χ1) is 10.1. The summed E-state index contributed by atoms with van der Waals surface area (Å²) in [6.07, 6.45) is 1.76. The SMILES string of the molecule is CCNC(Cc1ccc(C)cc1)Cc1cc(F)cc(Br)c1. The summed E-state index contributed by atoms with van der Waals surface area (Å²) in [7, 11) is 0. The molecule has 1 atom stereocenters. The smallest absolute Gasteiger partial charge is 0.124 e. The average Bonchev–Trinajstić information content (AvgIpc) is 2.40. The molecule has 0 aliphatic carbocycles. The minimum Gasteiger partial charge on any atom is -0.314 e. The third-order valence-electron chi connectivity index (χ3n) is 3.50. The summed E-state index contributed by atoms with van der Waals surface area (Å²) in [6.45, 7) is 5.10. The lowest BCUT2D eigenvalue weighted by molar-refractivity contribution is 0.519. The van der Waals surface area contributed by atoms with E-state index in [1.54, 1.807) is 6.07 Å². The predicted octanol–water partition coefficient (Wildman–Crippen LogP) is 4.66. The van der Waals surface area contributed by atoms with Gasteiger partial charge in [0.2, 0.25) is 0 Å². The third kappa shape index (κ3) is 5.25. The summed E-state index contributed by atoms with van der Waals surface area (Å²) in [5, 5.41) is 3.50. The van der Waals surface area contributed by atoms with Crippen molar-refractivity contribution in [2.75, 3.05) is 6.54 Å². The highest BCUT2D eigenvalue weighted by molar-refractivity contribution is 9.10. The van der Waals surface area contributed by atoms with Crippen molar-refractivity contribution in [3.63, 3.8) is 0 Å². The molecule has 0 amide bonds. The van der Waals surface area contributed by atoms with E-state index in [0.717, 1.165) is 29.4 Å². The lowest BCUT2D eigenvalue weighted by Gasteiger charge is -2.18. The van der Waals surface area contributed by atoms with Crippen LogP contribution in [0.1, 0.15) is 23.6 Å². The van der Waals surface area contributed by atoms with Crippen molar-refractivity contribution in [1.82, 2.24) is 5.32 Å². The predicted molar refractivity (Wildman–Crippen MR) is 90.2 cm³/mol. The van der Waals surface area contributed by atoms with Crippen LogP contribution in [0.3, 0.4) is 0 Å². The van der Waals surface area contributed by atoms with Crippen LogP contribution in [-0.4, -0.2) is 12.6 Å². The Balaban J connectivity index is 2.09. The molecule has 1 nitrogen and oxygen atoms in total. The molecule has 1 N–H and O–H groups in total. The van der Waals surface area contributed by atoms with Gasteiger partial charge in [0.15, 0.2) is 0 Å². The molecule has 0 aliphatic rings. The first kappa shape index (κ1) is 16.2. The van der Waals surface area contributed by atoms with Gasteiger partial charge in [-0.1, -0.05) is 52.7 Å². The van der Waals surface area contributed by atoms with E-state index in [1.807, 2.05) is 6.07 Å². The van der Waals surface area contributed by atoms with Crippen molar-refractivity contribution < 1.29 is 4.39 Å². The van der Waals surface area contributed by atoms with Crippen LogP contribution >= 0.6 is 15.9 Å². The van der Waals surface area contributed by atoms with E-state index in [-0.39, 0.29) is 5.82 Å². The second-order valence-corrected chi connectivity index (χ2v) is 6.34. The lowest BCUT2D eigenvalue weighted by Crippen LogP contribution is -2.33. The van der Waals surface area contributed by atoms with E-state index < -0.39 is 0 Å². The number of halogens is 2. The van der Waals surface area contributed by atoms with Gasteiger partial charge in [-0.15, -0.1) is 0 Å². The molecule has 0 heterocycles. The van der Waals surface area contributed by atoms with Crippen LogP contribution in [0.4, 0.5) is 4.39 Å².